The highest BCUT2D eigenvalue weighted by Crippen LogP contribution is 2.40. The van der Waals surface area contributed by atoms with Crippen molar-refractivity contribution in [3.8, 4) is 41.9 Å². The Kier molecular flexibility index (Phi) is 5.88. The fourth-order valence-electron chi connectivity index (χ4n) is 2.84. The molecule has 0 saturated carbocycles. The molecule has 0 bridgehead atoms. The van der Waals surface area contributed by atoms with Crippen molar-refractivity contribution in [2.24, 2.45) is 0 Å². The topological polar surface area (TPSA) is 67.1 Å². The van der Waals surface area contributed by atoms with Crippen molar-refractivity contribution in [3.63, 3.8) is 0 Å². The maximum Gasteiger partial charge on any atom is 0.206 e. The molecule has 1 heterocycles. The Morgan fingerprint density at radius 3 is 2.26 bits per heavy atom. The summed E-state index contributed by atoms with van der Waals surface area (Å²) < 4.78 is 28.5. The largest absolute Gasteiger partial charge is 0.471 e. The van der Waals surface area contributed by atoms with E-state index in [1.54, 1.807) is 58.0 Å². The van der Waals surface area contributed by atoms with Crippen LogP contribution in [0.4, 0.5) is 0 Å². The van der Waals surface area contributed by atoms with Crippen molar-refractivity contribution in [3.05, 3.63) is 40.6 Å². The predicted molar refractivity (Wildman–Crippen MR) is 120 cm³/mol. The maximum atomic E-state index is 13.2. The molecule has 0 aliphatic heterocycles. The summed E-state index contributed by atoms with van der Waals surface area (Å²) in [5.41, 5.74) is -1.62. The Bertz CT molecular complexity index is 1270. The van der Waals surface area contributed by atoms with E-state index < -0.39 is 11.2 Å². The van der Waals surface area contributed by atoms with Crippen LogP contribution in [0.3, 0.4) is 0 Å². The molecule has 0 amide bonds. The van der Waals surface area contributed by atoms with Crippen LogP contribution >= 0.6 is 0 Å². The van der Waals surface area contributed by atoms with Gasteiger partial charge >= 0.3 is 0 Å². The standard InChI is InChI=1S/C25H24O6/c1-8-24(3,4)30-19-13-12-18-21(26)17-11-10-16(28-15-27-7)14-20(17)29-22(18)23(19)31-25(5,6)9-2/h1-2,10-14H,15H2,3-7H3. The van der Waals surface area contributed by atoms with Gasteiger partial charge in [0.05, 0.1) is 10.8 Å². The molecule has 0 atom stereocenters. The van der Waals surface area contributed by atoms with Gasteiger partial charge in [-0.1, -0.05) is 11.8 Å². The Hall–Kier alpha value is -3.61. The lowest BCUT2D eigenvalue weighted by Gasteiger charge is -2.26. The predicted octanol–water partition coefficient (Wildman–Crippen LogP) is 4.51. The van der Waals surface area contributed by atoms with E-state index in [1.807, 2.05) is 0 Å². The summed E-state index contributed by atoms with van der Waals surface area (Å²) >= 11 is 0. The molecule has 0 radical (unpaired) electrons. The van der Waals surface area contributed by atoms with Crippen molar-refractivity contribution in [1.29, 1.82) is 0 Å². The van der Waals surface area contributed by atoms with E-state index in [2.05, 4.69) is 11.8 Å². The summed E-state index contributed by atoms with van der Waals surface area (Å²) in [4.78, 5) is 13.2. The van der Waals surface area contributed by atoms with E-state index in [0.29, 0.717) is 27.9 Å². The fraction of sp³-hybridized carbons (Fsp3) is 0.320. The molecule has 0 spiro atoms. The van der Waals surface area contributed by atoms with Crippen LogP contribution < -0.4 is 19.6 Å². The zero-order valence-electron chi connectivity index (χ0n) is 18.2. The minimum atomic E-state index is -0.996. The van der Waals surface area contributed by atoms with E-state index in [0.717, 1.165) is 0 Å². The van der Waals surface area contributed by atoms with Gasteiger partial charge in [-0.3, -0.25) is 4.79 Å². The van der Waals surface area contributed by atoms with E-state index in [4.69, 9.17) is 36.2 Å². The monoisotopic (exact) mass is 420 g/mol. The molecule has 1 aromatic heterocycles. The van der Waals surface area contributed by atoms with Crippen molar-refractivity contribution < 1.29 is 23.4 Å². The molecule has 0 aliphatic rings. The molecule has 0 fully saturated rings. The van der Waals surface area contributed by atoms with Gasteiger partial charge < -0.3 is 23.4 Å². The van der Waals surface area contributed by atoms with Gasteiger partial charge in [0.1, 0.15) is 11.3 Å². The van der Waals surface area contributed by atoms with E-state index >= 15 is 0 Å². The first-order chi connectivity index (χ1) is 14.6. The Balaban J connectivity index is 2.31. The van der Waals surface area contributed by atoms with Crippen LogP contribution in [0.2, 0.25) is 0 Å². The van der Waals surface area contributed by atoms with Gasteiger partial charge in [-0.15, -0.1) is 12.8 Å². The number of methoxy groups -OCH3 is 1. The average Bonchev–Trinajstić information content (AvgIpc) is 2.74. The van der Waals surface area contributed by atoms with Gasteiger partial charge in [0, 0.05) is 13.2 Å². The fourth-order valence-corrected chi connectivity index (χ4v) is 2.84. The number of rotatable bonds is 7. The first kappa shape index (κ1) is 22.1. The van der Waals surface area contributed by atoms with Crippen LogP contribution in [0, 0.1) is 24.7 Å². The van der Waals surface area contributed by atoms with E-state index in [1.165, 1.54) is 7.11 Å². The minimum absolute atomic E-state index is 0.0627. The van der Waals surface area contributed by atoms with Crippen LogP contribution in [-0.4, -0.2) is 25.1 Å². The van der Waals surface area contributed by atoms with Crippen LogP contribution in [0.25, 0.3) is 21.9 Å². The van der Waals surface area contributed by atoms with Crippen molar-refractivity contribution in [2.45, 2.75) is 38.9 Å². The molecular formula is C25H24O6. The van der Waals surface area contributed by atoms with E-state index in [9.17, 15) is 4.79 Å². The third-order valence-corrected chi connectivity index (χ3v) is 4.49. The normalized spacial score (nSPS) is 11.7. The molecule has 31 heavy (non-hydrogen) atoms. The SMILES string of the molecule is C#CC(C)(C)Oc1ccc2c(=O)c3ccc(OCOC)cc3oc2c1OC(C)(C)C#C. The molecule has 3 rings (SSSR count). The second-order valence-electron chi connectivity index (χ2n) is 7.92. The zero-order valence-corrected chi connectivity index (χ0v) is 18.2. The molecule has 6 heteroatoms. The highest BCUT2D eigenvalue weighted by molar-refractivity contribution is 5.94. The lowest BCUT2D eigenvalue weighted by Crippen LogP contribution is -2.29. The highest BCUT2D eigenvalue weighted by Gasteiger charge is 2.27. The van der Waals surface area contributed by atoms with Gasteiger partial charge in [-0.25, -0.2) is 0 Å². The number of hydrogen-bond donors (Lipinski definition) is 0. The molecule has 6 nitrogen and oxygen atoms in total. The summed E-state index contributed by atoms with van der Waals surface area (Å²) in [5.74, 6) is 6.14. The molecule has 2 aromatic carbocycles. The molecule has 160 valence electrons. The molecule has 0 unspecified atom stereocenters. The molecular weight excluding hydrogens is 396 g/mol. The summed E-state index contributed by atoms with van der Waals surface area (Å²) in [6.45, 7) is 6.98. The molecule has 0 N–H and O–H groups in total. The number of fused-ring (bicyclic) bond motifs is 2. The van der Waals surface area contributed by atoms with E-state index in [-0.39, 0.29) is 23.6 Å². The maximum absolute atomic E-state index is 13.2. The van der Waals surface area contributed by atoms with Gasteiger partial charge in [0.25, 0.3) is 0 Å². The van der Waals surface area contributed by atoms with Crippen LogP contribution in [0.15, 0.2) is 39.5 Å². The summed E-state index contributed by atoms with van der Waals surface area (Å²) in [5, 5.41) is 0.726. The van der Waals surface area contributed by atoms with Gasteiger partial charge in [-0.2, -0.15) is 0 Å². The summed E-state index contributed by atoms with van der Waals surface area (Å²) in [6, 6.07) is 8.18. The number of terminal acetylenes is 2. The van der Waals surface area contributed by atoms with Crippen molar-refractivity contribution in [2.75, 3.05) is 13.9 Å². The van der Waals surface area contributed by atoms with Crippen molar-refractivity contribution >= 4 is 21.9 Å². The minimum Gasteiger partial charge on any atom is -0.471 e. The second-order valence-corrected chi connectivity index (χ2v) is 7.92. The first-order valence-corrected chi connectivity index (χ1v) is 9.59. The zero-order chi connectivity index (χ0) is 22.8. The third-order valence-electron chi connectivity index (χ3n) is 4.49. The van der Waals surface area contributed by atoms with Gasteiger partial charge in [0.15, 0.2) is 29.3 Å². The number of benzene rings is 2. The highest BCUT2D eigenvalue weighted by atomic mass is 16.7. The molecule has 0 saturated heterocycles. The third kappa shape index (κ3) is 4.60. The van der Waals surface area contributed by atoms with Crippen LogP contribution in [-0.2, 0) is 4.74 Å². The van der Waals surface area contributed by atoms with Gasteiger partial charge in [-0.05, 0) is 52.0 Å². The summed E-state index contributed by atoms with van der Waals surface area (Å²) in [7, 11) is 1.52. The first-order valence-electron chi connectivity index (χ1n) is 9.59. The van der Waals surface area contributed by atoms with Gasteiger partial charge in [0.2, 0.25) is 11.2 Å². The van der Waals surface area contributed by atoms with Crippen LogP contribution in [0.1, 0.15) is 27.7 Å². The number of hydrogen-bond acceptors (Lipinski definition) is 6. The molecule has 0 aliphatic carbocycles. The quantitative estimate of drug-likeness (QED) is 0.318. The smallest absolute Gasteiger partial charge is 0.206 e. The Morgan fingerprint density at radius 1 is 0.968 bits per heavy atom. The average molecular weight is 420 g/mol. The lowest BCUT2D eigenvalue weighted by molar-refractivity contribution is 0.0512. The second kappa shape index (κ2) is 8.26. The Labute approximate surface area is 181 Å². The summed E-state index contributed by atoms with van der Waals surface area (Å²) in [6.07, 6.45) is 11.2. The lowest BCUT2D eigenvalue weighted by atomic mass is 10.1. The van der Waals surface area contributed by atoms with Crippen LogP contribution in [0.5, 0.6) is 17.2 Å². The number of ether oxygens (including phenoxy) is 4. The van der Waals surface area contributed by atoms with Crippen molar-refractivity contribution in [1.82, 2.24) is 0 Å². The molecule has 3 aromatic rings. The Morgan fingerprint density at radius 2 is 1.61 bits per heavy atom.